The maximum absolute atomic E-state index is 12.6. The number of carbonyl (C=O) groups is 1. The Hall–Kier alpha value is -2.32. The molecule has 1 saturated heterocycles. The van der Waals surface area contributed by atoms with Gasteiger partial charge in [-0.3, -0.25) is 4.79 Å². The lowest BCUT2D eigenvalue weighted by molar-refractivity contribution is -0.158. The van der Waals surface area contributed by atoms with E-state index in [4.69, 9.17) is 4.74 Å². The van der Waals surface area contributed by atoms with Crippen LogP contribution in [0, 0.1) is 13.8 Å². The number of aryl methyl sites for hydroxylation is 3. The summed E-state index contributed by atoms with van der Waals surface area (Å²) in [6.45, 7) is 5.48. The Balaban J connectivity index is 1.63. The number of hydrogen-bond donors (Lipinski definition) is 1. The normalized spacial score (nSPS) is 20.3. The third-order valence-electron chi connectivity index (χ3n) is 4.78. The summed E-state index contributed by atoms with van der Waals surface area (Å²) < 4.78 is 7.53. The van der Waals surface area contributed by atoms with Gasteiger partial charge in [0.25, 0.3) is 0 Å². The van der Waals surface area contributed by atoms with Crippen LogP contribution < -0.4 is 0 Å². The molecule has 3 rings (SSSR count). The Kier molecular flexibility index (Phi) is 5.63. The van der Waals surface area contributed by atoms with Crippen LogP contribution >= 0.6 is 0 Å². The number of benzene rings is 1. The number of hydrogen-bond acceptors (Lipinski definition) is 6. The first-order valence-electron chi connectivity index (χ1n) is 8.82. The van der Waals surface area contributed by atoms with Crippen molar-refractivity contribution in [1.29, 1.82) is 0 Å². The number of nitrogens with zero attached hydrogens (tertiary/aromatic N) is 5. The summed E-state index contributed by atoms with van der Waals surface area (Å²) >= 11 is 0. The van der Waals surface area contributed by atoms with Gasteiger partial charge >= 0.3 is 0 Å². The van der Waals surface area contributed by atoms with Crippen molar-refractivity contribution >= 4 is 5.91 Å². The van der Waals surface area contributed by atoms with Crippen molar-refractivity contribution in [2.24, 2.45) is 0 Å². The van der Waals surface area contributed by atoms with Crippen LogP contribution in [0.3, 0.4) is 0 Å². The molecule has 1 fully saturated rings. The van der Waals surface area contributed by atoms with Gasteiger partial charge in [-0.15, -0.1) is 5.10 Å². The van der Waals surface area contributed by atoms with E-state index >= 15 is 0 Å². The summed E-state index contributed by atoms with van der Waals surface area (Å²) in [7, 11) is 0. The van der Waals surface area contributed by atoms with Crippen molar-refractivity contribution in [3.63, 3.8) is 0 Å². The van der Waals surface area contributed by atoms with Gasteiger partial charge in [0, 0.05) is 19.4 Å². The van der Waals surface area contributed by atoms with Crippen LogP contribution in [-0.2, 0) is 22.5 Å². The van der Waals surface area contributed by atoms with E-state index in [1.807, 2.05) is 31.2 Å². The molecule has 26 heavy (non-hydrogen) atoms. The van der Waals surface area contributed by atoms with Crippen molar-refractivity contribution in [3.05, 3.63) is 41.2 Å². The molecule has 8 heteroatoms. The average molecular weight is 359 g/mol. The average Bonchev–Trinajstić information content (AvgIpc) is 3.07. The van der Waals surface area contributed by atoms with Crippen molar-refractivity contribution in [2.75, 3.05) is 26.3 Å². The van der Waals surface area contributed by atoms with Gasteiger partial charge in [0.1, 0.15) is 11.4 Å². The maximum Gasteiger partial charge on any atom is 0.224 e. The van der Waals surface area contributed by atoms with E-state index in [2.05, 4.69) is 15.5 Å². The van der Waals surface area contributed by atoms with E-state index in [-0.39, 0.29) is 12.5 Å². The van der Waals surface area contributed by atoms with Crippen LogP contribution in [0.5, 0.6) is 0 Å². The molecule has 1 amide bonds. The highest BCUT2D eigenvalue weighted by molar-refractivity contribution is 5.76. The van der Waals surface area contributed by atoms with Gasteiger partial charge in [-0.2, -0.15) is 0 Å². The van der Waals surface area contributed by atoms with Crippen LogP contribution in [0.4, 0.5) is 0 Å². The Morgan fingerprint density at radius 3 is 2.73 bits per heavy atom. The molecule has 1 aromatic carbocycles. The van der Waals surface area contributed by atoms with Crippen molar-refractivity contribution in [2.45, 2.75) is 38.8 Å². The zero-order valence-electron chi connectivity index (χ0n) is 15.3. The minimum absolute atomic E-state index is 0.0185. The minimum atomic E-state index is -0.756. The van der Waals surface area contributed by atoms with Crippen LogP contribution in [0.25, 0.3) is 0 Å². The maximum atomic E-state index is 12.6. The van der Waals surface area contributed by atoms with E-state index in [1.165, 1.54) is 5.56 Å². The number of rotatable bonds is 6. The predicted molar refractivity (Wildman–Crippen MR) is 94.4 cm³/mol. The molecule has 1 N–H and O–H groups in total. The van der Waals surface area contributed by atoms with Gasteiger partial charge in [0.05, 0.1) is 26.3 Å². The fourth-order valence-corrected chi connectivity index (χ4v) is 3.21. The molecular formula is C18H25N5O3. The van der Waals surface area contributed by atoms with E-state index in [0.29, 0.717) is 44.9 Å². The van der Waals surface area contributed by atoms with Crippen LogP contribution in [0.2, 0.25) is 0 Å². The summed E-state index contributed by atoms with van der Waals surface area (Å²) in [6, 6.07) is 8.16. The number of morpholine rings is 1. The number of tetrazole rings is 1. The lowest BCUT2D eigenvalue weighted by Gasteiger charge is -2.42. The fourth-order valence-electron chi connectivity index (χ4n) is 3.21. The van der Waals surface area contributed by atoms with Crippen LogP contribution in [0.1, 0.15) is 23.4 Å². The third-order valence-corrected chi connectivity index (χ3v) is 4.78. The molecule has 1 aromatic heterocycles. The van der Waals surface area contributed by atoms with Gasteiger partial charge in [-0.1, -0.05) is 29.8 Å². The molecule has 0 aliphatic carbocycles. The first-order valence-corrected chi connectivity index (χ1v) is 8.82. The lowest BCUT2D eigenvalue weighted by atomic mass is 9.92. The molecule has 2 heterocycles. The predicted octanol–water partition coefficient (Wildman–Crippen LogP) is 0.513. The van der Waals surface area contributed by atoms with E-state index < -0.39 is 5.60 Å². The number of ether oxygens (including phenoxy) is 1. The molecule has 8 nitrogen and oxygen atoms in total. The second kappa shape index (κ2) is 7.92. The fraction of sp³-hybridized carbons (Fsp3) is 0.556. The van der Waals surface area contributed by atoms with Gasteiger partial charge in [-0.05, 0) is 29.8 Å². The Morgan fingerprint density at radius 1 is 1.31 bits per heavy atom. The van der Waals surface area contributed by atoms with Gasteiger partial charge in [-0.25, -0.2) is 4.68 Å². The number of carbonyl (C=O) groups excluding carboxylic acids is 1. The molecule has 0 radical (unpaired) electrons. The lowest BCUT2D eigenvalue weighted by Crippen LogP contribution is -2.56. The molecule has 140 valence electrons. The minimum Gasteiger partial charge on any atom is -0.393 e. The summed E-state index contributed by atoms with van der Waals surface area (Å²) in [5.74, 6) is 0.703. The Morgan fingerprint density at radius 2 is 2.08 bits per heavy atom. The van der Waals surface area contributed by atoms with Crippen molar-refractivity contribution < 1.29 is 14.6 Å². The zero-order valence-corrected chi connectivity index (χ0v) is 15.3. The van der Waals surface area contributed by atoms with E-state index in [9.17, 15) is 9.90 Å². The number of aromatic nitrogens is 4. The topological polar surface area (TPSA) is 93.4 Å². The highest BCUT2D eigenvalue weighted by Crippen LogP contribution is 2.24. The first-order chi connectivity index (χ1) is 12.5. The third kappa shape index (κ3) is 4.25. The largest absolute Gasteiger partial charge is 0.393 e. The quantitative estimate of drug-likeness (QED) is 0.808. The molecule has 0 saturated carbocycles. The number of aliphatic hydroxyl groups excluding tert-OH is 1. The first kappa shape index (κ1) is 18.5. The molecule has 0 unspecified atom stereocenters. The highest BCUT2D eigenvalue weighted by Gasteiger charge is 2.38. The van der Waals surface area contributed by atoms with Crippen molar-refractivity contribution in [3.8, 4) is 0 Å². The number of amides is 1. The smallest absolute Gasteiger partial charge is 0.224 e. The monoisotopic (exact) mass is 359 g/mol. The Bertz CT molecular complexity index is 746. The van der Waals surface area contributed by atoms with E-state index in [0.717, 1.165) is 5.56 Å². The van der Waals surface area contributed by atoms with Crippen molar-refractivity contribution in [1.82, 2.24) is 25.1 Å². The molecule has 0 bridgehead atoms. The number of aliphatic hydroxyl groups is 1. The SMILES string of the molecule is Cc1ccc(C[C@]2(CO)CN(C(=O)CCn3nnnc3C)CCO2)cc1. The molecule has 2 aromatic rings. The molecule has 0 spiro atoms. The van der Waals surface area contributed by atoms with Gasteiger partial charge in [0.2, 0.25) is 5.91 Å². The summed E-state index contributed by atoms with van der Waals surface area (Å²) in [5, 5.41) is 21.2. The molecule has 1 aliphatic heterocycles. The van der Waals surface area contributed by atoms with Gasteiger partial charge < -0.3 is 14.7 Å². The summed E-state index contributed by atoms with van der Waals surface area (Å²) in [6.07, 6.45) is 0.886. The van der Waals surface area contributed by atoms with Crippen LogP contribution in [-0.4, -0.2) is 68.0 Å². The van der Waals surface area contributed by atoms with Crippen LogP contribution in [0.15, 0.2) is 24.3 Å². The Labute approximate surface area is 152 Å². The molecule has 1 aliphatic rings. The standard InChI is InChI=1S/C18H25N5O3/c1-14-3-5-16(6-4-14)11-18(13-24)12-22(9-10-26-18)17(25)7-8-23-15(2)19-20-21-23/h3-6,24H,7-13H2,1-2H3/t18-/m1/s1. The molecular weight excluding hydrogens is 334 g/mol. The second-order valence-electron chi connectivity index (χ2n) is 6.87. The van der Waals surface area contributed by atoms with Gasteiger partial charge in [0.15, 0.2) is 0 Å². The summed E-state index contributed by atoms with van der Waals surface area (Å²) in [4.78, 5) is 14.4. The summed E-state index contributed by atoms with van der Waals surface area (Å²) in [5.41, 5.74) is 1.52. The molecule has 1 atom stereocenters. The van der Waals surface area contributed by atoms with E-state index in [1.54, 1.807) is 16.5 Å². The zero-order chi connectivity index (χ0) is 18.6. The highest BCUT2D eigenvalue weighted by atomic mass is 16.5. The second-order valence-corrected chi connectivity index (χ2v) is 6.87.